The first kappa shape index (κ1) is 12.8. The summed E-state index contributed by atoms with van der Waals surface area (Å²) >= 11 is 5.58. The molecular weight excluding hydrogens is 255 g/mol. The molecule has 94 valence electrons. The SMILES string of the molecule is C[C@H](N)c1ccc(Oc2ccc(Cl)c(F)c2)cn1. The minimum Gasteiger partial charge on any atom is -0.456 e. The lowest BCUT2D eigenvalue weighted by Gasteiger charge is -2.08. The molecule has 1 aromatic carbocycles. The zero-order valence-corrected chi connectivity index (χ0v) is 10.5. The fourth-order valence-corrected chi connectivity index (χ4v) is 1.52. The Balaban J connectivity index is 2.15. The lowest BCUT2D eigenvalue weighted by Crippen LogP contribution is -2.06. The standard InChI is InChI=1S/C13H12ClFN2O/c1-8(16)13-5-3-10(7-17-13)18-9-2-4-11(14)12(15)6-9/h2-8H,16H2,1H3/t8-/m0/s1. The zero-order chi connectivity index (χ0) is 13.1. The van der Waals surface area contributed by atoms with Gasteiger partial charge in [-0.25, -0.2) is 4.39 Å². The highest BCUT2D eigenvalue weighted by Crippen LogP contribution is 2.25. The Morgan fingerprint density at radius 1 is 1.28 bits per heavy atom. The molecule has 18 heavy (non-hydrogen) atoms. The highest BCUT2D eigenvalue weighted by atomic mass is 35.5. The van der Waals surface area contributed by atoms with E-state index in [9.17, 15) is 4.39 Å². The van der Waals surface area contributed by atoms with Gasteiger partial charge in [0, 0.05) is 12.1 Å². The molecule has 2 N–H and O–H groups in total. The van der Waals surface area contributed by atoms with Crippen LogP contribution in [-0.4, -0.2) is 4.98 Å². The molecule has 0 unspecified atom stereocenters. The lowest BCUT2D eigenvalue weighted by molar-refractivity contribution is 0.473. The van der Waals surface area contributed by atoms with E-state index in [0.717, 1.165) is 5.69 Å². The van der Waals surface area contributed by atoms with Crippen molar-refractivity contribution >= 4 is 11.6 Å². The summed E-state index contributed by atoms with van der Waals surface area (Å²) in [6.45, 7) is 1.84. The van der Waals surface area contributed by atoms with Gasteiger partial charge in [-0.05, 0) is 31.2 Å². The second-order valence-corrected chi connectivity index (χ2v) is 4.29. The maximum absolute atomic E-state index is 13.2. The van der Waals surface area contributed by atoms with Gasteiger partial charge in [0.2, 0.25) is 0 Å². The van der Waals surface area contributed by atoms with E-state index in [1.807, 2.05) is 6.92 Å². The molecule has 0 radical (unpaired) electrons. The molecule has 1 heterocycles. The van der Waals surface area contributed by atoms with E-state index >= 15 is 0 Å². The van der Waals surface area contributed by atoms with Crippen LogP contribution >= 0.6 is 11.6 Å². The number of nitrogens with zero attached hydrogens (tertiary/aromatic N) is 1. The Kier molecular flexibility index (Phi) is 3.79. The smallest absolute Gasteiger partial charge is 0.145 e. The van der Waals surface area contributed by atoms with Crippen molar-refractivity contribution in [2.45, 2.75) is 13.0 Å². The van der Waals surface area contributed by atoms with Crippen molar-refractivity contribution in [2.75, 3.05) is 0 Å². The first-order valence-corrected chi connectivity index (χ1v) is 5.78. The molecule has 5 heteroatoms. The summed E-state index contributed by atoms with van der Waals surface area (Å²) in [6.07, 6.45) is 1.55. The quantitative estimate of drug-likeness (QED) is 0.922. The first-order chi connectivity index (χ1) is 8.56. The number of ether oxygens (including phenoxy) is 1. The van der Waals surface area contributed by atoms with Crippen LogP contribution in [0.15, 0.2) is 36.5 Å². The monoisotopic (exact) mass is 266 g/mol. The van der Waals surface area contributed by atoms with E-state index in [1.54, 1.807) is 24.4 Å². The van der Waals surface area contributed by atoms with Crippen LogP contribution in [-0.2, 0) is 0 Å². The van der Waals surface area contributed by atoms with Crippen molar-refractivity contribution in [3.63, 3.8) is 0 Å². The molecule has 0 spiro atoms. The zero-order valence-electron chi connectivity index (χ0n) is 9.73. The minimum atomic E-state index is -0.519. The van der Waals surface area contributed by atoms with Crippen molar-refractivity contribution in [1.29, 1.82) is 0 Å². The van der Waals surface area contributed by atoms with Crippen molar-refractivity contribution < 1.29 is 9.13 Å². The van der Waals surface area contributed by atoms with E-state index in [0.29, 0.717) is 11.5 Å². The molecule has 0 bridgehead atoms. The predicted molar refractivity (Wildman–Crippen MR) is 68.3 cm³/mol. The van der Waals surface area contributed by atoms with Crippen molar-refractivity contribution in [1.82, 2.24) is 4.98 Å². The van der Waals surface area contributed by atoms with Gasteiger partial charge in [0.25, 0.3) is 0 Å². The van der Waals surface area contributed by atoms with Crippen LogP contribution in [0.4, 0.5) is 4.39 Å². The summed E-state index contributed by atoms with van der Waals surface area (Å²) in [4.78, 5) is 4.14. The van der Waals surface area contributed by atoms with E-state index in [4.69, 9.17) is 22.1 Å². The number of halogens is 2. The third-order valence-electron chi connectivity index (χ3n) is 2.35. The van der Waals surface area contributed by atoms with Gasteiger partial charge in [-0.2, -0.15) is 0 Å². The molecule has 0 amide bonds. The maximum Gasteiger partial charge on any atom is 0.145 e. The van der Waals surface area contributed by atoms with E-state index in [2.05, 4.69) is 4.98 Å². The average molecular weight is 267 g/mol. The first-order valence-electron chi connectivity index (χ1n) is 5.40. The Morgan fingerprint density at radius 3 is 2.56 bits per heavy atom. The highest BCUT2D eigenvalue weighted by molar-refractivity contribution is 6.30. The van der Waals surface area contributed by atoms with E-state index < -0.39 is 5.82 Å². The summed E-state index contributed by atoms with van der Waals surface area (Å²) in [5.41, 5.74) is 6.45. The van der Waals surface area contributed by atoms with Gasteiger partial charge in [-0.1, -0.05) is 11.6 Å². The van der Waals surface area contributed by atoms with Gasteiger partial charge in [0.15, 0.2) is 0 Å². The van der Waals surface area contributed by atoms with Gasteiger partial charge in [-0.3, -0.25) is 4.98 Å². The van der Waals surface area contributed by atoms with Gasteiger partial charge in [0.1, 0.15) is 17.3 Å². The lowest BCUT2D eigenvalue weighted by atomic mass is 10.2. The maximum atomic E-state index is 13.2. The molecule has 1 aromatic heterocycles. The molecule has 0 saturated carbocycles. The summed E-state index contributed by atoms with van der Waals surface area (Å²) in [6, 6.07) is 7.62. The average Bonchev–Trinajstić information content (AvgIpc) is 2.34. The Morgan fingerprint density at radius 2 is 2.00 bits per heavy atom. The Hall–Kier alpha value is -1.65. The summed E-state index contributed by atoms with van der Waals surface area (Å²) in [7, 11) is 0. The number of pyridine rings is 1. The number of hydrogen-bond acceptors (Lipinski definition) is 3. The van der Waals surface area contributed by atoms with Crippen LogP contribution in [0.2, 0.25) is 5.02 Å². The van der Waals surface area contributed by atoms with Crippen molar-refractivity contribution in [3.8, 4) is 11.5 Å². The molecule has 0 aliphatic heterocycles. The summed E-state index contributed by atoms with van der Waals surface area (Å²) in [5.74, 6) is 0.364. The Bertz CT molecular complexity index is 543. The van der Waals surface area contributed by atoms with Crippen LogP contribution in [0.3, 0.4) is 0 Å². The van der Waals surface area contributed by atoms with Gasteiger partial charge in [0.05, 0.1) is 16.9 Å². The predicted octanol–water partition coefficient (Wildman–Crippen LogP) is 3.69. The third kappa shape index (κ3) is 2.97. The van der Waals surface area contributed by atoms with E-state index in [1.165, 1.54) is 12.1 Å². The van der Waals surface area contributed by atoms with Crippen LogP contribution in [0.25, 0.3) is 0 Å². The highest BCUT2D eigenvalue weighted by Gasteiger charge is 2.05. The molecule has 1 atom stereocenters. The van der Waals surface area contributed by atoms with Crippen LogP contribution in [0, 0.1) is 5.82 Å². The van der Waals surface area contributed by atoms with E-state index in [-0.39, 0.29) is 11.1 Å². The molecular formula is C13H12ClFN2O. The molecule has 0 saturated heterocycles. The van der Waals surface area contributed by atoms with Gasteiger partial charge in [-0.15, -0.1) is 0 Å². The van der Waals surface area contributed by atoms with Crippen molar-refractivity contribution in [3.05, 3.63) is 53.1 Å². The largest absolute Gasteiger partial charge is 0.456 e. The van der Waals surface area contributed by atoms with Gasteiger partial charge >= 0.3 is 0 Å². The van der Waals surface area contributed by atoms with Crippen LogP contribution in [0.1, 0.15) is 18.7 Å². The topological polar surface area (TPSA) is 48.1 Å². The molecule has 0 fully saturated rings. The molecule has 0 aliphatic carbocycles. The van der Waals surface area contributed by atoms with Gasteiger partial charge < -0.3 is 10.5 Å². The summed E-state index contributed by atoms with van der Waals surface area (Å²) < 4.78 is 18.7. The number of nitrogens with two attached hydrogens (primary N) is 1. The number of hydrogen-bond donors (Lipinski definition) is 1. The number of rotatable bonds is 3. The molecule has 2 aromatic rings. The molecule has 0 aliphatic rings. The number of benzene rings is 1. The van der Waals surface area contributed by atoms with Crippen molar-refractivity contribution in [2.24, 2.45) is 5.73 Å². The second-order valence-electron chi connectivity index (χ2n) is 3.89. The normalized spacial score (nSPS) is 12.2. The van der Waals surface area contributed by atoms with Crippen LogP contribution in [0.5, 0.6) is 11.5 Å². The Labute approximate surface area is 109 Å². The summed E-state index contributed by atoms with van der Waals surface area (Å²) in [5, 5.41) is 0.0628. The minimum absolute atomic E-state index is 0.0628. The van der Waals surface area contributed by atoms with Crippen LogP contribution < -0.4 is 10.5 Å². The molecule has 3 nitrogen and oxygen atoms in total. The fourth-order valence-electron chi connectivity index (χ4n) is 1.40. The third-order valence-corrected chi connectivity index (χ3v) is 2.66. The fraction of sp³-hybridized carbons (Fsp3) is 0.154. The molecule has 2 rings (SSSR count). The number of aromatic nitrogens is 1. The second kappa shape index (κ2) is 5.33.